The smallest absolute Gasteiger partial charge is 0.416 e. The molecule has 166 valence electrons. The van der Waals surface area contributed by atoms with Crippen molar-refractivity contribution in [2.24, 2.45) is 0 Å². The molecule has 0 unspecified atom stereocenters. The molecule has 3 aromatic rings. The first-order valence-electron chi connectivity index (χ1n) is 9.58. The Kier molecular flexibility index (Phi) is 5.80. The first-order chi connectivity index (χ1) is 15.3. The lowest BCUT2D eigenvalue weighted by molar-refractivity contribution is -0.137. The maximum atomic E-state index is 12.9. The fraction of sp³-hybridized carbons (Fsp3) is 0.238. The van der Waals surface area contributed by atoms with Crippen LogP contribution in [0.1, 0.15) is 23.2 Å². The van der Waals surface area contributed by atoms with Gasteiger partial charge in [0.1, 0.15) is 5.69 Å². The van der Waals surface area contributed by atoms with E-state index in [1.807, 2.05) is 0 Å². The van der Waals surface area contributed by atoms with Crippen molar-refractivity contribution in [1.82, 2.24) is 20.5 Å². The van der Waals surface area contributed by atoms with Crippen molar-refractivity contribution >= 4 is 5.91 Å². The molecule has 0 spiro atoms. The number of carbonyl (C=O) groups excluding carboxylic acids is 1. The van der Waals surface area contributed by atoms with Crippen LogP contribution in [-0.4, -0.2) is 27.9 Å². The number of aromatic nitrogens is 3. The van der Waals surface area contributed by atoms with Gasteiger partial charge in [0.2, 0.25) is 12.7 Å². The molecule has 0 atom stereocenters. The van der Waals surface area contributed by atoms with Gasteiger partial charge in [-0.25, -0.2) is 0 Å². The highest BCUT2D eigenvalue weighted by Gasteiger charge is 2.30. The summed E-state index contributed by atoms with van der Waals surface area (Å²) in [6.45, 7) is 0.430. The van der Waals surface area contributed by atoms with E-state index in [4.69, 9.17) is 9.47 Å². The molecule has 0 radical (unpaired) electrons. The number of fused-ring (bicyclic) bond motifs is 1. The van der Waals surface area contributed by atoms with Crippen LogP contribution in [0.2, 0.25) is 0 Å². The SMILES string of the molecule is O=C(CCc1nnc(-c2cccc(C(F)(F)F)c2)[nH]c1=O)NCc1ccc2c(c1)OCO2. The summed E-state index contributed by atoms with van der Waals surface area (Å²) in [6, 6.07) is 9.73. The lowest BCUT2D eigenvalue weighted by atomic mass is 10.1. The fourth-order valence-corrected chi connectivity index (χ4v) is 3.07. The van der Waals surface area contributed by atoms with E-state index in [1.54, 1.807) is 18.2 Å². The minimum absolute atomic E-state index is 0.00871. The molecule has 1 aliphatic heterocycles. The molecular formula is C21H17F3N4O4. The number of rotatable bonds is 6. The van der Waals surface area contributed by atoms with Gasteiger partial charge in [0.05, 0.1) is 5.56 Å². The summed E-state index contributed by atoms with van der Waals surface area (Å²) in [5, 5.41) is 10.3. The lowest BCUT2D eigenvalue weighted by Crippen LogP contribution is -2.25. The lowest BCUT2D eigenvalue weighted by Gasteiger charge is -2.08. The molecule has 1 aromatic heterocycles. The Balaban J connectivity index is 1.35. The summed E-state index contributed by atoms with van der Waals surface area (Å²) in [7, 11) is 0. The van der Waals surface area contributed by atoms with Crippen LogP contribution in [0.15, 0.2) is 47.3 Å². The number of ether oxygens (including phenoxy) is 2. The number of aromatic amines is 1. The molecule has 0 aliphatic carbocycles. The highest BCUT2D eigenvalue weighted by Crippen LogP contribution is 2.32. The third-order valence-electron chi connectivity index (χ3n) is 4.74. The van der Waals surface area contributed by atoms with Gasteiger partial charge in [0.25, 0.3) is 5.56 Å². The minimum atomic E-state index is -4.52. The third kappa shape index (κ3) is 4.88. The number of nitrogens with zero attached hydrogens (tertiary/aromatic N) is 2. The quantitative estimate of drug-likeness (QED) is 0.603. The molecule has 4 rings (SSSR count). The van der Waals surface area contributed by atoms with Crippen molar-refractivity contribution in [2.45, 2.75) is 25.6 Å². The van der Waals surface area contributed by atoms with Gasteiger partial charge in [-0.2, -0.15) is 13.2 Å². The Morgan fingerprint density at radius 2 is 1.91 bits per heavy atom. The summed E-state index contributed by atoms with van der Waals surface area (Å²) >= 11 is 0. The van der Waals surface area contributed by atoms with Crippen LogP contribution in [0.25, 0.3) is 11.4 Å². The van der Waals surface area contributed by atoms with Crippen LogP contribution in [-0.2, 0) is 23.9 Å². The van der Waals surface area contributed by atoms with Crippen LogP contribution in [0, 0.1) is 0 Å². The Bertz CT molecular complexity index is 1210. The fourth-order valence-electron chi connectivity index (χ4n) is 3.07. The first-order valence-corrected chi connectivity index (χ1v) is 9.58. The molecule has 32 heavy (non-hydrogen) atoms. The minimum Gasteiger partial charge on any atom is -0.454 e. The number of alkyl halides is 3. The van der Waals surface area contributed by atoms with Crippen LogP contribution in [0.3, 0.4) is 0 Å². The number of benzene rings is 2. The van der Waals surface area contributed by atoms with Crippen LogP contribution in [0.4, 0.5) is 13.2 Å². The second kappa shape index (κ2) is 8.69. The van der Waals surface area contributed by atoms with Gasteiger partial charge in [-0.05, 0) is 29.8 Å². The summed E-state index contributed by atoms with van der Waals surface area (Å²) in [5.41, 5.74) is -0.557. The average molecular weight is 446 g/mol. The van der Waals surface area contributed by atoms with Gasteiger partial charge < -0.3 is 19.8 Å². The number of aryl methyl sites for hydroxylation is 1. The second-order valence-electron chi connectivity index (χ2n) is 6.99. The Morgan fingerprint density at radius 1 is 1.09 bits per heavy atom. The summed E-state index contributed by atoms with van der Waals surface area (Å²) in [6.07, 6.45) is -4.50. The van der Waals surface area contributed by atoms with Crippen LogP contribution < -0.4 is 20.3 Å². The highest BCUT2D eigenvalue weighted by atomic mass is 19.4. The number of amides is 1. The Morgan fingerprint density at radius 3 is 2.69 bits per heavy atom. The maximum absolute atomic E-state index is 12.9. The largest absolute Gasteiger partial charge is 0.454 e. The predicted molar refractivity (Wildman–Crippen MR) is 106 cm³/mol. The molecule has 0 bridgehead atoms. The predicted octanol–water partition coefficient (Wildman–Crippen LogP) is 2.83. The highest BCUT2D eigenvalue weighted by molar-refractivity contribution is 5.76. The molecule has 2 N–H and O–H groups in total. The van der Waals surface area contributed by atoms with E-state index in [1.165, 1.54) is 12.1 Å². The van der Waals surface area contributed by atoms with E-state index in [0.717, 1.165) is 17.7 Å². The van der Waals surface area contributed by atoms with Crippen molar-refractivity contribution in [2.75, 3.05) is 6.79 Å². The van der Waals surface area contributed by atoms with Gasteiger partial charge in [-0.1, -0.05) is 18.2 Å². The number of carbonyl (C=O) groups is 1. The topological polar surface area (TPSA) is 106 Å². The number of halogens is 3. The number of H-pyrrole nitrogens is 1. The van der Waals surface area contributed by atoms with Gasteiger partial charge in [0, 0.05) is 24.9 Å². The van der Waals surface area contributed by atoms with Crippen molar-refractivity contribution < 1.29 is 27.4 Å². The zero-order valence-electron chi connectivity index (χ0n) is 16.5. The van der Waals surface area contributed by atoms with E-state index < -0.39 is 17.3 Å². The van der Waals surface area contributed by atoms with E-state index in [-0.39, 0.29) is 49.2 Å². The van der Waals surface area contributed by atoms with E-state index in [0.29, 0.717) is 11.5 Å². The molecule has 1 aliphatic rings. The van der Waals surface area contributed by atoms with Crippen molar-refractivity contribution in [1.29, 1.82) is 0 Å². The first kappa shape index (κ1) is 21.3. The molecule has 1 amide bonds. The Hall–Kier alpha value is -3.89. The summed E-state index contributed by atoms with van der Waals surface area (Å²) < 4.78 is 49.1. The molecule has 11 heteroatoms. The zero-order chi connectivity index (χ0) is 22.7. The number of hydrogen-bond donors (Lipinski definition) is 2. The van der Waals surface area contributed by atoms with E-state index in [9.17, 15) is 22.8 Å². The van der Waals surface area contributed by atoms with Crippen molar-refractivity contribution in [3.63, 3.8) is 0 Å². The van der Waals surface area contributed by atoms with Gasteiger partial charge >= 0.3 is 6.18 Å². The number of hydrogen-bond acceptors (Lipinski definition) is 6. The normalized spacial score (nSPS) is 12.6. The van der Waals surface area contributed by atoms with Gasteiger partial charge in [-0.15, -0.1) is 10.2 Å². The van der Waals surface area contributed by atoms with Crippen molar-refractivity contribution in [3.05, 3.63) is 69.6 Å². The summed E-state index contributed by atoms with van der Waals surface area (Å²) in [4.78, 5) is 26.8. The van der Waals surface area contributed by atoms with E-state index in [2.05, 4.69) is 20.5 Å². The standard InChI is InChI=1S/C21H17F3N4O4/c22-21(23,24)14-3-1-2-13(9-14)19-26-20(30)15(27-28-19)5-7-18(29)25-10-12-4-6-16-17(8-12)32-11-31-16/h1-4,6,8-9H,5,7,10-11H2,(H,25,29)(H,26,28,30). The molecule has 2 aromatic carbocycles. The van der Waals surface area contributed by atoms with Crippen molar-refractivity contribution in [3.8, 4) is 22.9 Å². The molecule has 2 heterocycles. The monoisotopic (exact) mass is 446 g/mol. The van der Waals surface area contributed by atoms with E-state index >= 15 is 0 Å². The molecule has 0 saturated carbocycles. The Labute approximate surface area is 179 Å². The average Bonchev–Trinajstić information content (AvgIpc) is 3.24. The summed E-state index contributed by atoms with van der Waals surface area (Å²) in [5.74, 6) is 0.869. The third-order valence-corrected chi connectivity index (χ3v) is 4.74. The molecule has 8 nitrogen and oxygen atoms in total. The second-order valence-corrected chi connectivity index (χ2v) is 6.99. The maximum Gasteiger partial charge on any atom is 0.416 e. The molecular weight excluding hydrogens is 429 g/mol. The van der Waals surface area contributed by atoms with Crippen LogP contribution >= 0.6 is 0 Å². The van der Waals surface area contributed by atoms with Gasteiger partial charge in [0.15, 0.2) is 17.3 Å². The number of nitrogens with one attached hydrogen (secondary N) is 2. The molecule has 0 saturated heterocycles. The molecule has 0 fully saturated rings. The zero-order valence-corrected chi connectivity index (χ0v) is 16.5. The van der Waals surface area contributed by atoms with Gasteiger partial charge in [-0.3, -0.25) is 9.59 Å². The van der Waals surface area contributed by atoms with Crippen LogP contribution in [0.5, 0.6) is 11.5 Å².